The maximum atomic E-state index is 12.4. The fourth-order valence-corrected chi connectivity index (χ4v) is 2.61. The third-order valence-corrected chi connectivity index (χ3v) is 3.62. The molecule has 98 valence electrons. The van der Waals surface area contributed by atoms with E-state index in [9.17, 15) is 4.79 Å². The second-order valence-corrected chi connectivity index (χ2v) is 4.93. The van der Waals surface area contributed by atoms with Gasteiger partial charge in [0.2, 0.25) is 0 Å². The Morgan fingerprint density at radius 2 is 2.00 bits per heavy atom. The Bertz CT molecular complexity index is 396. The fourth-order valence-electron chi connectivity index (χ4n) is 2.61. The van der Waals surface area contributed by atoms with Crippen LogP contribution in [0.2, 0.25) is 0 Å². The molecule has 1 heterocycles. The Kier molecular flexibility index (Phi) is 4.28. The molecular weight excluding hydrogens is 226 g/mol. The van der Waals surface area contributed by atoms with Crippen molar-refractivity contribution < 1.29 is 4.79 Å². The minimum Gasteiger partial charge on any atom is -0.335 e. The van der Waals surface area contributed by atoms with Crippen LogP contribution in [0.3, 0.4) is 0 Å². The average molecular weight is 247 g/mol. The van der Waals surface area contributed by atoms with E-state index in [1.165, 1.54) is 19.3 Å². The molecule has 0 radical (unpaired) electrons. The van der Waals surface area contributed by atoms with E-state index >= 15 is 0 Å². The van der Waals surface area contributed by atoms with Crippen LogP contribution in [0.15, 0.2) is 12.4 Å². The molecule has 1 aliphatic rings. The maximum absolute atomic E-state index is 12.4. The molecule has 1 aromatic rings. The zero-order valence-electron chi connectivity index (χ0n) is 11.2. The van der Waals surface area contributed by atoms with Gasteiger partial charge in [-0.25, -0.2) is 4.98 Å². The number of amides is 1. The topological polar surface area (TPSA) is 46.1 Å². The second-order valence-electron chi connectivity index (χ2n) is 4.93. The van der Waals surface area contributed by atoms with Crippen LogP contribution in [-0.4, -0.2) is 33.4 Å². The van der Waals surface area contributed by atoms with E-state index in [0.717, 1.165) is 25.1 Å². The lowest BCUT2D eigenvalue weighted by atomic mass is 9.94. The smallest absolute Gasteiger partial charge is 0.274 e. The highest BCUT2D eigenvalue weighted by Crippen LogP contribution is 2.23. The molecule has 1 aliphatic carbocycles. The minimum absolute atomic E-state index is 0.0249. The highest BCUT2D eigenvalue weighted by molar-refractivity contribution is 5.92. The van der Waals surface area contributed by atoms with E-state index in [1.807, 2.05) is 18.7 Å². The first-order valence-electron chi connectivity index (χ1n) is 6.82. The van der Waals surface area contributed by atoms with Gasteiger partial charge >= 0.3 is 0 Å². The third-order valence-electron chi connectivity index (χ3n) is 3.62. The number of aryl methyl sites for hydroxylation is 1. The Morgan fingerprint density at radius 1 is 1.28 bits per heavy atom. The third kappa shape index (κ3) is 2.86. The van der Waals surface area contributed by atoms with Crippen molar-refractivity contribution in [1.29, 1.82) is 0 Å². The summed E-state index contributed by atoms with van der Waals surface area (Å²) >= 11 is 0. The van der Waals surface area contributed by atoms with Gasteiger partial charge in [-0.1, -0.05) is 19.3 Å². The first kappa shape index (κ1) is 13.0. The molecular formula is C14H21N3O. The number of hydrogen-bond donors (Lipinski definition) is 0. The van der Waals surface area contributed by atoms with Crippen molar-refractivity contribution in [1.82, 2.24) is 14.9 Å². The Labute approximate surface area is 108 Å². The lowest BCUT2D eigenvalue weighted by Gasteiger charge is -2.33. The molecule has 2 rings (SSSR count). The molecule has 1 saturated carbocycles. The Balaban J connectivity index is 2.11. The summed E-state index contributed by atoms with van der Waals surface area (Å²) in [6, 6.07) is 0.388. The predicted molar refractivity (Wildman–Crippen MR) is 70.4 cm³/mol. The van der Waals surface area contributed by atoms with Gasteiger partial charge < -0.3 is 4.90 Å². The molecule has 0 N–H and O–H groups in total. The molecule has 0 bridgehead atoms. The van der Waals surface area contributed by atoms with E-state index < -0.39 is 0 Å². The van der Waals surface area contributed by atoms with Crippen LogP contribution in [0.25, 0.3) is 0 Å². The van der Waals surface area contributed by atoms with Gasteiger partial charge in [-0.3, -0.25) is 9.78 Å². The fraction of sp³-hybridized carbons (Fsp3) is 0.643. The summed E-state index contributed by atoms with van der Waals surface area (Å²) < 4.78 is 0. The standard InChI is InChI=1S/C14H21N3O/c1-3-17(12-7-5-4-6-8-12)14(18)13-10-15-11(2)9-16-13/h9-10,12H,3-8H2,1-2H3. The lowest BCUT2D eigenvalue weighted by Crippen LogP contribution is -2.41. The SMILES string of the molecule is CCN(C(=O)c1cnc(C)cn1)C1CCCCC1. The number of rotatable bonds is 3. The number of aromatic nitrogens is 2. The number of nitrogens with zero attached hydrogens (tertiary/aromatic N) is 3. The van der Waals surface area contributed by atoms with E-state index in [1.54, 1.807) is 12.4 Å². The van der Waals surface area contributed by atoms with Crippen molar-refractivity contribution in [2.45, 2.75) is 52.0 Å². The summed E-state index contributed by atoms with van der Waals surface area (Å²) in [5, 5.41) is 0. The van der Waals surface area contributed by atoms with Crippen LogP contribution in [0.1, 0.15) is 55.2 Å². The summed E-state index contributed by atoms with van der Waals surface area (Å²) in [4.78, 5) is 22.7. The van der Waals surface area contributed by atoms with Crippen molar-refractivity contribution in [2.75, 3.05) is 6.54 Å². The zero-order valence-corrected chi connectivity index (χ0v) is 11.2. The molecule has 0 unspecified atom stereocenters. The quantitative estimate of drug-likeness (QED) is 0.824. The molecule has 1 fully saturated rings. The molecule has 18 heavy (non-hydrogen) atoms. The molecule has 4 heteroatoms. The summed E-state index contributed by atoms with van der Waals surface area (Å²) in [6.45, 7) is 4.66. The normalized spacial score (nSPS) is 16.6. The number of carbonyl (C=O) groups is 1. The largest absolute Gasteiger partial charge is 0.335 e. The van der Waals surface area contributed by atoms with Gasteiger partial charge in [0.25, 0.3) is 5.91 Å². The monoisotopic (exact) mass is 247 g/mol. The van der Waals surface area contributed by atoms with Gasteiger partial charge in [-0.15, -0.1) is 0 Å². The van der Waals surface area contributed by atoms with Crippen molar-refractivity contribution in [3.8, 4) is 0 Å². The number of hydrogen-bond acceptors (Lipinski definition) is 3. The van der Waals surface area contributed by atoms with Gasteiger partial charge in [0, 0.05) is 18.8 Å². The van der Waals surface area contributed by atoms with Gasteiger partial charge in [-0.2, -0.15) is 0 Å². The van der Waals surface area contributed by atoms with Crippen LogP contribution in [0.4, 0.5) is 0 Å². The summed E-state index contributed by atoms with van der Waals surface area (Å²) in [6.07, 6.45) is 9.25. The summed E-state index contributed by atoms with van der Waals surface area (Å²) in [5.41, 5.74) is 1.31. The van der Waals surface area contributed by atoms with Crippen LogP contribution in [0, 0.1) is 6.92 Å². The minimum atomic E-state index is 0.0249. The first-order chi connectivity index (χ1) is 8.72. The van der Waals surface area contributed by atoms with E-state index in [-0.39, 0.29) is 5.91 Å². The van der Waals surface area contributed by atoms with Crippen molar-refractivity contribution in [2.24, 2.45) is 0 Å². The summed E-state index contributed by atoms with van der Waals surface area (Å²) in [7, 11) is 0. The van der Waals surface area contributed by atoms with Gasteiger partial charge in [0.15, 0.2) is 0 Å². The molecule has 1 amide bonds. The van der Waals surface area contributed by atoms with E-state index in [2.05, 4.69) is 9.97 Å². The molecule has 0 aliphatic heterocycles. The molecule has 0 saturated heterocycles. The van der Waals surface area contributed by atoms with E-state index in [4.69, 9.17) is 0 Å². The van der Waals surface area contributed by atoms with Crippen molar-refractivity contribution in [3.05, 3.63) is 23.8 Å². The molecule has 0 spiro atoms. The molecule has 0 aromatic carbocycles. The van der Waals surface area contributed by atoms with Gasteiger partial charge in [0.05, 0.1) is 11.9 Å². The Hall–Kier alpha value is -1.45. The second kappa shape index (κ2) is 5.94. The van der Waals surface area contributed by atoms with Crippen molar-refractivity contribution >= 4 is 5.91 Å². The van der Waals surface area contributed by atoms with Crippen LogP contribution >= 0.6 is 0 Å². The van der Waals surface area contributed by atoms with Crippen molar-refractivity contribution in [3.63, 3.8) is 0 Å². The maximum Gasteiger partial charge on any atom is 0.274 e. The molecule has 1 aromatic heterocycles. The predicted octanol–water partition coefficient (Wildman–Crippen LogP) is 2.58. The molecule has 0 atom stereocenters. The zero-order chi connectivity index (χ0) is 13.0. The van der Waals surface area contributed by atoms with Crippen LogP contribution in [0.5, 0.6) is 0 Å². The average Bonchev–Trinajstić information content (AvgIpc) is 2.41. The van der Waals surface area contributed by atoms with Gasteiger partial charge in [-0.05, 0) is 26.7 Å². The first-order valence-corrected chi connectivity index (χ1v) is 6.82. The van der Waals surface area contributed by atoms with E-state index in [0.29, 0.717) is 11.7 Å². The molecule has 4 nitrogen and oxygen atoms in total. The highest BCUT2D eigenvalue weighted by atomic mass is 16.2. The van der Waals surface area contributed by atoms with Crippen LogP contribution in [-0.2, 0) is 0 Å². The highest BCUT2D eigenvalue weighted by Gasteiger charge is 2.25. The summed E-state index contributed by atoms with van der Waals surface area (Å²) in [5.74, 6) is 0.0249. The van der Waals surface area contributed by atoms with Crippen LogP contribution < -0.4 is 0 Å². The van der Waals surface area contributed by atoms with Gasteiger partial charge in [0.1, 0.15) is 5.69 Å². The lowest BCUT2D eigenvalue weighted by molar-refractivity contribution is 0.0641. The number of carbonyl (C=O) groups excluding carboxylic acids is 1. The Morgan fingerprint density at radius 3 is 2.56 bits per heavy atom.